The van der Waals surface area contributed by atoms with Gasteiger partial charge in [-0.2, -0.15) is 4.98 Å². The van der Waals surface area contributed by atoms with Crippen molar-refractivity contribution in [1.29, 1.82) is 0 Å². The van der Waals surface area contributed by atoms with E-state index in [9.17, 15) is 4.79 Å². The lowest BCUT2D eigenvalue weighted by Crippen LogP contribution is -2.30. The SMILES string of the molecule is C=CCN(Cc1nc(-c2ccc(C)cc2)no1)C(=O)c1ccc2c(c1)OCO2. The number of nitrogens with zero attached hydrogens (tertiary/aromatic N) is 3. The van der Waals surface area contributed by atoms with Gasteiger partial charge in [0.1, 0.15) is 6.54 Å². The van der Waals surface area contributed by atoms with Gasteiger partial charge in [0.2, 0.25) is 18.5 Å². The van der Waals surface area contributed by atoms with Crippen LogP contribution in [-0.4, -0.2) is 34.3 Å². The largest absolute Gasteiger partial charge is 0.454 e. The molecule has 0 atom stereocenters. The average Bonchev–Trinajstić information content (AvgIpc) is 3.36. The molecule has 0 spiro atoms. The fourth-order valence-electron chi connectivity index (χ4n) is 2.89. The number of rotatable bonds is 6. The number of ether oxygens (including phenoxy) is 2. The summed E-state index contributed by atoms with van der Waals surface area (Å²) in [5.74, 6) is 1.85. The lowest BCUT2D eigenvalue weighted by atomic mass is 10.1. The molecule has 2 heterocycles. The molecule has 0 radical (unpaired) electrons. The highest BCUT2D eigenvalue weighted by Crippen LogP contribution is 2.33. The Morgan fingerprint density at radius 1 is 1.18 bits per heavy atom. The van der Waals surface area contributed by atoms with E-state index >= 15 is 0 Å². The van der Waals surface area contributed by atoms with Gasteiger partial charge in [0.05, 0.1) is 0 Å². The summed E-state index contributed by atoms with van der Waals surface area (Å²) in [7, 11) is 0. The van der Waals surface area contributed by atoms with Gasteiger partial charge in [-0.3, -0.25) is 4.79 Å². The van der Waals surface area contributed by atoms with Crippen LogP contribution in [0.2, 0.25) is 0 Å². The summed E-state index contributed by atoms with van der Waals surface area (Å²) in [6, 6.07) is 12.9. The van der Waals surface area contributed by atoms with Crippen LogP contribution >= 0.6 is 0 Å². The van der Waals surface area contributed by atoms with Crippen molar-refractivity contribution in [2.24, 2.45) is 0 Å². The first-order valence-corrected chi connectivity index (χ1v) is 8.83. The first kappa shape index (κ1) is 17.8. The smallest absolute Gasteiger partial charge is 0.254 e. The minimum atomic E-state index is -0.187. The number of carbonyl (C=O) groups excluding carboxylic acids is 1. The zero-order valence-electron chi connectivity index (χ0n) is 15.4. The molecule has 7 heteroatoms. The normalized spacial score (nSPS) is 12.0. The molecule has 2 aromatic carbocycles. The highest BCUT2D eigenvalue weighted by molar-refractivity contribution is 5.95. The highest BCUT2D eigenvalue weighted by atomic mass is 16.7. The summed E-state index contributed by atoms with van der Waals surface area (Å²) < 4.78 is 16.0. The first-order valence-electron chi connectivity index (χ1n) is 8.83. The van der Waals surface area contributed by atoms with E-state index in [4.69, 9.17) is 14.0 Å². The van der Waals surface area contributed by atoms with Crippen LogP contribution in [0, 0.1) is 6.92 Å². The van der Waals surface area contributed by atoms with Crippen molar-refractivity contribution in [2.75, 3.05) is 13.3 Å². The average molecular weight is 377 g/mol. The zero-order valence-corrected chi connectivity index (χ0v) is 15.4. The molecule has 4 rings (SSSR count). The lowest BCUT2D eigenvalue weighted by molar-refractivity contribution is 0.0745. The van der Waals surface area contributed by atoms with Gasteiger partial charge in [0, 0.05) is 17.7 Å². The molecule has 3 aromatic rings. The Morgan fingerprint density at radius 2 is 1.96 bits per heavy atom. The number of hydrogen-bond donors (Lipinski definition) is 0. The van der Waals surface area contributed by atoms with Gasteiger partial charge in [0.15, 0.2) is 11.5 Å². The predicted molar refractivity (Wildman–Crippen MR) is 102 cm³/mol. The number of carbonyl (C=O) groups is 1. The molecule has 0 bridgehead atoms. The van der Waals surface area contributed by atoms with Gasteiger partial charge in [-0.05, 0) is 25.1 Å². The van der Waals surface area contributed by atoms with E-state index in [0.29, 0.717) is 35.3 Å². The Kier molecular flexibility index (Phi) is 4.80. The predicted octanol–water partition coefficient (Wildman–Crippen LogP) is 3.60. The monoisotopic (exact) mass is 377 g/mol. The maximum absolute atomic E-state index is 12.9. The molecule has 0 fully saturated rings. The van der Waals surface area contributed by atoms with Crippen LogP contribution in [0.1, 0.15) is 21.8 Å². The summed E-state index contributed by atoms with van der Waals surface area (Å²) in [5, 5.41) is 4.02. The Labute approximate surface area is 162 Å². The molecule has 1 aliphatic heterocycles. The van der Waals surface area contributed by atoms with Gasteiger partial charge in [-0.25, -0.2) is 0 Å². The Hall–Kier alpha value is -3.61. The van der Waals surface area contributed by atoms with Gasteiger partial charge in [-0.15, -0.1) is 6.58 Å². The second kappa shape index (κ2) is 7.56. The van der Waals surface area contributed by atoms with Gasteiger partial charge < -0.3 is 18.9 Å². The van der Waals surface area contributed by atoms with E-state index in [1.54, 1.807) is 29.2 Å². The first-order chi connectivity index (χ1) is 13.6. The molecule has 0 unspecified atom stereocenters. The molecule has 0 N–H and O–H groups in total. The molecule has 28 heavy (non-hydrogen) atoms. The summed E-state index contributed by atoms with van der Waals surface area (Å²) in [5.41, 5.74) is 2.50. The molecule has 1 amide bonds. The zero-order chi connectivity index (χ0) is 19.5. The number of fused-ring (bicyclic) bond motifs is 1. The van der Waals surface area contributed by atoms with E-state index in [1.807, 2.05) is 31.2 Å². The lowest BCUT2D eigenvalue weighted by Gasteiger charge is -2.19. The number of aromatic nitrogens is 2. The molecule has 0 aliphatic carbocycles. The third-order valence-corrected chi connectivity index (χ3v) is 4.36. The van der Waals surface area contributed by atoms with E-state index < -0.39 is 0 Å². The van der Waals surface area contributed by atoms with Crippen molar-refractivity contribution in [3.63, 3.8) is 0 Å². The Morgan fingerprint density at radius 3 is 2.75 bits per heavy atom. The molecule has 1 aliphatic rings. The van der Waals surface area contributed by atoms with Crippen LogP contribution in [0.5, 0.6) is 11.5 Å². The third-order valence-electron chi connectivity index (χ3n) is 4.36. The summed E-state index contributed by atoms with van der Waals surface area (Å²) >= 11 is 0. The van der Waals surface area contributed by atoms with Crippen molar-refractivity contribution < 1.29 is 18.8 Å². The van der Waals surface area contributed by atoms with Gasteiger partial charge in [0.25, 0.3) is 5.91 Å². The van der Waals surface area contributed by atoms with Crippen molar-refractivity contribution in [3.8, 4) is 22.9 Å². The van der Waals surface area contributed by atoms with Crippen molar-refractivity contribution in [3.05, 3.63) is 72.1 Å². The fourth-order valence-corrected chi connectivity index (χ4v) is 2.89. The van der Waals surface area contributed by atoms with Crippen LogP contribution in [0.3, 0.4) is 0 Å². The van der Waals surface area contributed by atoms with Crippen LogP contribution in [-0.2, 0) is 6.54 Å². The van der Waals surface area contributed by atoms with Crippen LogP contribution in [0.4, 0.5) is 0 Å². The molecule has 1 aromatic heterocycles. The summed E-state index contributed by atoms with van der Waals surface area (Å²) in [6.07, 6.45) is 1.65. The number of benzene rings is 2. The molecule has 7 nitrogen and oxygen atoms in total. The van der Waals surface area contributed by atoms with Crippen molar-refractivity contribution in [1.82, 2.24) is 15.0 Å². The Balaban J connectivity index is 1.53. The minimum absolute atomic E-state index is 0.160. The number of aryl methyl sites for hydroxylation is 1. The number of amides is 1. The fraction of sp³-hybridized carbons (Fsp3) is 0.190. The van der Waals surface area contributed by atoms with E-state index in [0.717, 1.165) is 11.1 Å². The van der Waals surface area contributed by atoms with Crippen molar-refractivity contribution >= 4 is 5.91 Å². The van der Waals surface area contributed by atoms with Crippen LogP contribution in [0.15, 0.2) is 59.6 Å². The maximum atomic E-state index is 12.9. The second-order valence-corrected chi connectivity index (χ2v) is 6.42. The summed E-state index contributed by atoms with van der Waals surface area (Å²) in [6.45, 7) is 6.43. The van der Waals surface area contributed by atoms with E-state index in [2.05, 4.69) is 16.7 Å². The quantitative estimate of drug-likeness (QED) is 0.611. The van der Waals surface area contributed by atoms with E-state index in [1.165, 1.54) is 0 Å². The standard InChI is InChI=1S/C21H19N3O4/c1-3-10-24(21(25)16-8-9-17-18(11-16)27-13-26-17)12-19-22-20(23-28-19)15-6-4-14(2)5-7-15/h3-9,11H,1,10,12-13H2,2H3. The maximum Gasteiger partial charge on any atom is 0.254 e. The molecule has 0 saturated carbocycles. The summed E-state index contributed by atoms with van der Waals surface area (Å²) in [4.78, 5) is 18.9. The van der Waals surface area contributed by atoms with Crippen molar-refractivity contribution in [2.45, 2.75) is 13.5 Å². The molecule has 142 valence electrons. The van der Waals surface area contributed by atoms with Gasteiger partial charge in [-0.1, -0.05) is 41.1 Å². The van der Waals surface area contributed by atoms with Gasteiger partial charge >= 0.3 is 0 Å². The number of hydrogen-bond acceptors (Lipinski definition) is 6. The molecular weight excluding hydrogens is 358 g/mol. The van der Waals surface area contributed by atoms with Crippen LogP contribution < -0.4 is 9.47 Å². The van der Waals surface area contributed by atoms with E-state index in [-0.39, 0.29) is 19.2 Å². The highest BCUT2D eigenvalue weighted by Gasteiger charge is 2.22. The molecular formula is C21H19N3O4. The second-order valence-electron chi connectivity index (χ2n) is 6.42. The molecule has 0 saturated heterocycles. The van der Waals surface area contributed by atoms with Crippen LogP contribution in [0.25, 0.3) is 11.4 Å². The minimum Gasteiger partial charge on any atom is -0.454 e. The third kappa shape index (κ3) is 3.59. The Bertz CT molecular complexity index is 1010. The topological polar surface area (TPSA) is 77.7 Å².